The van der Waals surface area contributed by atoms with Crippen molar-refractivity contribution in [3.63, 3.8) is 0 Å². The van der Waals surface area contributed by atoms with Crippen molar-refractivity contribution in [2.75, 3.05) is 77.7 Å². The van der Waals surface area contributed by atoms with Crippen LogP contribution in [0, 0.1) is 0 Å². The quantitative estimate of drug-likeness (QED) is 0.134. The van der Waals surface area contributed by atoms with Crippen molar-refractivity contribution < 1.29 is 62.3 Å². The molecule has 2 rings (SSSR count). The molecule has 2 unspecified atom stereocenters. The van der Waals surface area contributed by atoms with E-state index in [1.165, 1.54) is 12.5 Å². The highest BCUT2D eigenvalue weighted by atomic mass is 32.2. The van der Waals surface area contributed by atoms with Crippen molar-refractivity contribution in [1.29, 1.82) is 0 Å². The molecule has 14 N–H and O–H groups in total. The van der Waals surface area contributed by atoms with Crippen LogP contribution in [0.4, 0.5) is 0 Å². The molecule has 0 aliphatic carbocycles. The first-order chi connectivity index (χ1) is 28.9. The van der Waals surface area contributed by atoms with E-state index in [1.807, 2.05) is 0 Å². The van der Waals surface area contributed by atoms with Crippen molar-refractivity contribution in [3.8, 4) is 0 Å². The molecule has 334 valence electrons. The van der Waals surface area contributed by atoms with Gasteiger partial charge in [-0.2, -0.15) is 0 Å². The van der Waals surface area contributed by atoms with Gasteiger partial charge in [-0.3, -0.25) is 62.3 Å². The lowest BCUT2D eigenvalue weighted by Crippen LogP contribution is -2.54. The van der Waals surface area contributed by atoms with Crippen LogP contribution in [0.3, 0.4) is 0 Å². The van der Waals surface area contributed by atoms with Crippen LogP contribution in [0.1, 0.15) is 5.69 Å². The number of nitrogens with two attached hydrogens (primary N) is 1. The summed E-state index contributed by atoms with van der Waals surface area (Å²) in [5.41, 5.74) is 6.21. The molecule has 0 radical (unpaired) electrons. The number of hydrogen-bond donors (Lipinski definition) is 13. The van der Waals surface area contributed by atoms with Crippen LogP contribution in [0.2, 0.25) is 0 Å². The first kappa shape index (κ1) is 49.8. The SMILES string of the molecule is Cn1cncc1CC1SCC(=O)NCC(=O)NCC(=O)NCC(=O)NCC(=O)NCC(=O)NCC(=O)NCC(=O)NCC(=O)NCC(=O)NCC(=O)NCC(=O)NC1C(N)=O. The molecule has 0 spiro atoms. The summed E-state index contributed by atoms with van der Waals surface area (Å²) in [6.07, 6.45) is 3.04. The van der Waals surface area contributed by atoms with Gasteiger partial charge in [0.25, 0.3) is 0 Å². The number of amides is 13. The predicted molar refractivity (Wildman–Crippen MR) is 207 cm³/mol. The highest BCUT2D eigenvalue weighted by Gasteiger charge is 2.30. The van der Waals surface area contributed by atoms with Crippen LogP contribution < -0.4 is 69.5 Å². The summed E-state index contributed by atoms with van der Waals surface area (Å²) in [6.45, 7) is -6.56. The summed E-state index contributed by atoms with van der Waals surface area (Å²) >= 11 is 0.910. The second-order valence-corrected chi connectivity index (χ2v) is 13.8. The van der Waals surface area contributed by atoms with Crippen molar-refractivity contribution in [3.05, 3.63) is 18.2 Å². The van der Waals surface area contributed by atoms with E-state index < -0.39 is 160 Å². The fraction of sp³-hybridized carbons (Fsp3) is 0.500. The maximum Gasteiger partial charge on any atom is 0.241 e. The minimum atomic E-state index is -1.39. The second kappa shape index (κ2) is 26.6. The van der Waals surface area contributed by atoms with Crippen LogP contribution in [-0.2, 0) is 75.8 Å². The number of aromatic nitrogens is 2. The van der Waals surface area contributed by atoms with Gasteiger partial charge in [-0.1, -0.05) is 0 Å². The van der Waals surface area contributed by atoms with E-state index in [0.717, 1.165) is 11.8 Å². The lowest BCUT2D eigenvalue weighted by atomic mass is 10.1. The largest absolute Gasteiger partial charge is 0.368 e. The molecule has 13 amide bonds. The Kier molecular flexibility index (Phi) is 21.7. The number of rotatable bonds is 3. The minimum Gasteiger partial charge on any atom is -0.368 e. The molecule has 1 saturated heterocycles. The molecule has 0 saturated carbocycles. The standard InChI is InChI=1S/C32H47N15O13S/c1-47-16-34-3-17(47)2-18-31(32(33)60)46-29(58)14-44-27(56)12-42-25(54)10-40-23(52)8-38-21(50)6-36-19(48)4-35-20(49)5-37-22(51)7-39-24(53)9-41-26(55)11-43-28(57)13-45-30(59)15-61-18/h3,16,18,31H,2,4-15H2,1H3,(H2,33,60)(H,35,49)(H,36,48)(H,37,51)(H,38,50)(H,39,53)(H,40,52)(H,41,55)(H,42,54)(H,43,57)(H,44,56)(H,45,59)(H,46,58). The number of aryl methyl sites for hydroxylation is 1. The van der Waals surface area contributed by atoms with Gasteiger partial charge in [0.2, 0.25) is 76.8 Å². The number of thioether (sulfide) groups is 1. The molecule has 61 heavy (non-hydrogen) atoms. The summed E-state index contributed by atoms with van der Waals surface area (Å²) in [7, 11) is 1.67. The summed E-state index contributed by atoms with van der Waals surface area (Å²) in [5.74, 6) is -10.9. The third kappa shape index (κ3) is 21.8. The van der Waals surface area contributed by atoms with Gasteiger partial charge in [-0.25, -0.2) is 4.98 Å². The zero-order valence-corrected chi connectivity index (χ0v) is 33.5. The first-order valence-corrected chi connectivity index (χ1v) is 19.1. The average Bonchev–Trinajstić information content (AvgIpc) is 3.64. The van der Waals surface area contributed by atoms with E-state index in [-0.39, 0.29) is 12.2 Å². The molecule has 28 nitrogen and oxygen atoms in total. The topological polar surface area (TPSA) is 410 Å². The van der Waals surface area contributed by atoms with Crippen molar-refractivity contribution in [1.82, 2.24) is 73.4 Å². The second-order valence-electron chi connectivity index (χ2n) is 12.5. The Balaban J connectivity index is 2.04. The number of nitrogens with one attached hydrogen (secondary N) is 12. The van der Waals surface area contributed by atoms with E-state index in [0.29, 0.717) is 5.69 Å². The molecular weight excluding hydrogens is 835 g/mol. The molecular formula is C32H47N15O13S. The van der Waals surface area contributed by atoms with Gasteiger partial charge in [-0.15, -0.1) is 11.8 Å². The van der Waals surface area contributed by atoms with E-state index in [4.69, 9.17) is 5.73 Å². The van der Waals surface area contributed by atoms with Crippen LogP contribution in [0.5, 0.6) is 0 Å². The maximum atomic E-state index is 12.8. The van der Waals surface area contributed by atoms with Crippen molar-refractivity contribution >= 4 is 88.6 Å². The third-order valence-electron chi connectivity index (χ3n) is 7.66. The van der Waals surface area contributed by atoms with Gasteiger partial charge in [0.15, 0.2) is 0 Å². The highest BCUT2D eigenvalue weighted by molar-refractivity contribution is 8.00. The van der Waals surface area contributed by atoms with Gasteiger partial charge in [0.1, 0.15) is 6.04 Å². The Labute approximate surface area is 350 Å². The van der Waals surface area contributed by atoms with E-state index in [1.54, 1.807) is 11.6 Å². The van der Waals surface area contributed by atoms with Gasteiger partial charge in [-0.05, 0) is 0 Å². The van der Waals surface area contributed by atoms with Crippen molar-refractivity contribution in [2.45, 2.75) is 17.7 Å². The van der Waals surface area contributed by atoms with Crippen LogP contribution in [0.25, 0.3) is 0 Å². The molecule has 1 aromatic rings. The Bertz CT molecular complexity index is 1840. The molecule has 2 atom stereocenters. The summed E-state index contributed by atoms with van der Waals surface area (Å²) < 4.78 is 1.63. The zero-order valence-electron chi connectivity index (χ0n) is 32.7. The highest BCUT2D eigenvalue weighted by Crippen LogP contribution is 2.20. The number of imidazole rings is 1. The van der Waals surface area contributed by atoms with E-state index in [9.17, 15) is 62.3 Å². The Hall–Kier alpha value is -7.33. The molecule has 0 aromatic carbocycles. The number of hydrogen-bond acceptors (Lipinski definition) is 15. The van der Waals surface area contributed by atoms with Crippen LogP contribution >= 0.6 is 11.8 Å². The minimum absolute atomic E-state index is 0.0708. The average molecular weight is 882 g/mol. The fourth-order valence-electron chi connectivity index (χ4n) is 4.46. The molecule has 1 fully saturated rings. The number of nitrogens with zero attached hydrogens (tertiary/aromatic N) is 2. The summed E-state index contributed by atoms with van der Waals surface area (Å²) in [5, 5.41) is 25.9. The number of carbonyl (C=O) groups excluding carboxylic acids is 13. The molecule has 1 aliphatic heterocycles. The molecule has 1 aromatic heterocycles. The van der Waals surface area contributed by atoms with E-state index in [2.05, 4.69) is 68.8 Å². The monoisotopic (exact) mass is 881 g/mol. The van der Waals surface area contributed by atoms with Gasteiger partial charge in [0, 0.05) is 30.6 Å². The Morgan fingerprint density at radius 1 is 0.525 bits per heavy atom. The zero-order chi connectivity index (χ0) is 45.3. The fourth-order valence-corrected chi connectivity index (χ4v) is 5.61. The molecule has 2 heterocycles. The lowest BCUT2D eigenvalue weighted by molar-refractivity contribution is -0.130. The predicted octanol–water partition coefficient (Wildman–Crippen LogP) is -10.7. The first-order valence-electron chi connectivity index (χ1n) is 18.0. The van der Waals surface area contributed by atoms with Gasteiger partial charge < -0.3 is 74.1 Å². The summed E-state index contributed by atoms with van der Waals surface area (Å²) in [6, 6.07) is -1.39. The van der Waals surface area contributed by atoms with Crippen molar-refractivity contribution in [2.24, 2.45) is 12.8 Å². The number of primary amides is 1. The number of carbonyl (C=O) groups is 13. The Morgan fingerprint density at radius 3 is 1.07 bits per heavy atom. The molecule has 29 heteroatoms. The van der Waals surface area contributed by atoms with Gasteiger partial charge in [0.05, 0.1) is 84.1 Å². The van der Waals surface area contributed by atoms with Crippen LogP contribution in [0.15, 0.2) is 12.5 Å². The Morgan fingerprint density at radius 2 is 0.803 bits per heavy atom. The van der Waals surface area contributed by atoms with Crippen LogP contribution in [-0.4, -0.2) is 175 Å². The van der Waals surface area contributed by atoms with E-state index >= 15 is 0 Å². The normalized spacial score (nSPS) is 20.9. The third-order valence-corrected chi connectivity index (χ3v) is 8.95. The lowest BCUT2D eigenvalue weighted by Gasteiger charge is -2.25. The smallest absolute Gasteiger partial charge is 0.241 e. The summed E-state index contributed by atoms with van der Waals surface area (Å²) in [4.78, 5) is 163. The van der Waals surface area contributed by atoms with Gasteiger partial charge >= 0.3 is 0 Å². The molecule has 0 bridgehead atoms. The maximum absolute atomic E-state index is 12.8. The molecule has 1 aliphatic rings.